The largest absolute Gasteiger partial charge is 0.495 e. The molecule has 4 aliphatic rings. The normalized spacial score (nSPS) is 36.8. The van der Waals surface area contributed by atoms with Gasteiger partial charge < -0.3 is 4.74 Å². The van der Waals surface area contributed by atoms with Crippen LogP contribution in [-0.4, -0.2) is 12.9 Å². The summed E-state index contributed by atoms with van der Waals surface area (Å²) < 4.78 is 5.26. The Balaban J connectivity index is 1.63. The Morgan fingerprint density at radius 1 is 1.10 bits per heavy atom. The van der Waals surface area contributed by atoms with Crippen LogP contribution in [0.4, 0.5) is 0 Å². The summed E-state index contributed by atoms with van der Waals surface area (Å²) in [4.78, 5) is 13.0. The Hall–Kier alpha value is -1.02. The SMILES string of the molecule is COc1cc(C(=O)C2C3CC4CC(C3)CC2C4)ccc1Cl. The van der Waals surface area contributed by atoms with Crippen LogP contribution in [-0.2, 0) is 0 Å². The van der Waals surface area contributed by atoms with Gasteiger partial charge >= 0.3 is 0 Å². The van der Waals surface area contributed by atoms with Crippen LogP contribution in [0.25, 0.3) is 0 Å². The van der Waals surface area contributed by atoms with Gasteiger partial charge in [-0.05, 0) is 74.0 Å². The third-order valence-corrected chi connectivity index (χ3v) is 6.28. The van der Waals surface area contributed by atoms with Crippen LogP contribution in [0.3, 0.4) is 0 Å². The Kier molecular flexibility index (Phi) is 3.25. The number of hydrogen-bond donors (Lipinski definition) is 0. The van der Waals surface area contributed by atoms with E-state index in [0.717, 1.165) is 17.4 Å². The molecule has 4 aliphatic carbocycles. The van der Waals surface area contributed by atoms with E-state index in [1.165, 1.54) is 32.1 Å². The fourth-order valence-electron chi connectivity index (χ4n) is 5.36. The van der Waals surface area contributed by atoms with Crippen molar-refractivity contribution in [1.82, 2.24) is 0 Å². The highest BCUT2D eigenvalue weighted by molar-refractivity contribution is 6.32. The molecule has 1 aromatic rings. The highest BCUT2D eigenvalue weighted by atomic mass is 35.5. The third-order valence-electron chi connectivity index (χ3n) is 5.97. The van der Waals surface area contributed by atoms with Crippen molar-refractivity contribution in [3.8, 4) is 5.75 Å². The molecule has 4 fully saturated rings. The van der Waals surface area contributed by atoms with E-state index in [-0.39, 0.29) is 5.92 Å². The molecular formula is C18H21ClO2. The lowest BCUT2D eigenvalue weighted by Crippen LogP contribution is -2.48. The highest BCUT2D eigenvalue weighted by Crippen LogP contribution is 2.57. The molecule has 0 amide bonds. The van der Waals surface area contributed by atoms with Gasteiger partial charge in [0.1, 0.15) is 5.75 Å². The van der Waals surface area contributed by atoms with Gasteiger partial charge in [0.25, 0.3) is 0 Å². The van der Waals surface area contributed by atoms with E-state index in [0.29, 0.717) is 28.4 Å². The summed E-state index contributed by atoms with van der Waals surface area (Å²) in [6.07, 6.45) is 6.51. The maximum atomic E-state index is 13.0. The molecule has 0 heterocycles. The van der Waals surface area contributed by atoms with Crippen molar-refractivity contribution in [2.45, 2.75) is 32.1 Å². The first-order chi connectivity index (χ1) is 10.2. The number of methoxy groups -OCH3 is 1. The first-order valence-electron chi connectivity index (χ1n) is 8.03. The van der Waals surface area contributed by atoms with Crippen molar-refractivity contribution in [2.75, 3.05) is 7.11 Å². The molecule has 5 rings (SSSR count). The Morgan fingerprint density at radius 3 is 2.29 bits per heavy atom. The Bertz CT molecular complexity index is 553. The smallest absolute Gasteiger partial charge is 0.166 e. The van der Waals surface area contributed by atoms with Crippen LogP contribution >= 0.6 is 11.6 Å². The number of hydrogen-bond acceptors (Lipinski definition) is 2. The van der Waals surface area contributed by atoms with Gasteiger partial charge in [0.05, 0.1) is 12.1 Å². The lowest BCUT2D eigenvalue weighted by molar-refractivity contribution is -0.0251. The second-order valence-electron chi connectivity index (χ2n) is 7.17. The van der Waals surface area contributed by atoms with Crippen LogP contribution in [0.2, 0.25) is 5.02 Å². The first-order valence-corrected chi connectivity index (χ1v) is 8.41. The van der Waals surface area contributed by atoms with E-state index in [2.05, 4.69) is 0 Å². The van der Waals surface area contributed by atoms with Crippen LogP contribution in [0.5, 0.6) is 5.75 Å². The van der Waals surface area contributed by atoms with Crippen LogP contribution in [0.1, 0.15) is 42.5 Å². The van der Waals surface area contributed by atoms with Crippen LogP contribution in [0, 0.1) is 29.6 Å². The fraction of sp³-hybridized carbons (Fsp3) is 0.611. The molecule has 0 radical (unpaired) electrons. The third kappa shape index (κ3) is 2.19. The number of ether oxygens (including phenoxy) is 1. The standard InChI is InChI=1S/C18H21ClO2/c1-21-16-9-12(2-3-15(16)19)18(20)17-13-5-10-4-11(7-13)8-14(17)6-10/h2-3,9-11,13-14,17H,4-8H2,1H3. The Labute approximate surface area is 130 Å². The Morgan fingerprint density at radius 2 is 1.71 bits per heavy atom. The maximum absolute atomic E-state index is 13.0. The number of rotatable bonds is 3. The molecule has 4 bridgehead atoms. The minimum Gasteiger partial charge on any atom is -0.495 e. The summed E-state index contributed by atoms with van der Waals surface area (Å²) in [5.41, 5.74) is 0.772. The first kappa shape index (κ1) is 13.6. The lowest BCUT2D eigenvalue weighted by atomic mass is 9.51. The molecule has 3 heteroatoms. The molecule has 0 aromatic heterocycles. The molecule has 2 nitrogen and oxygen atoms in total. The summed E-state index contributed by atoms with van der Waals surface area (Å²) in [6.45, 7) is 0. The van der Waals surface area contributed by atoms with E-state index in [1.54, 1.807) is 13.2 Å². The van der Waals surface area contributed by atoms with E-state index in [1.807, 2.05) is 12.1 Å². The van der Waals surface area contributed by atoms with Gasteiger partial charge in [0.15, 0.2) is 5.78 Å². The fourth-order valence-corrected chi connectivity index (χ4v) is 5.55. The molecule has 0 unspecified atom stereocenters. The van der Waals surface area contributed by atoms with Crippen molar-refractivity contribution in [3.63, 3.8) is 0 Å². The van der Waals surface area contributed by atoms with Crippen LogP contribution in [0.15, 0.2) is 18.2 Å². The number of benzene rings is 1. The van der Waals surface area contributed by atoms with Gasteiger partial charge in [-0.2, -0.15) is 0 Å². The topological polar surface area (TPSA) is 26.3 Å². The molecular weight excluding hydrogens is 284 g/mol. The quantitative estimate of drug-likeness (QED) is 0.763. The average Bonchev–Trinajstić information content (AvgIpc) is 2.46. The molecule has 112 valence electrons. The van der Waals surface area contributed by atoms with Gasteiger partial charge in [-0.15, -0.1) is 0 Å². The molecule has 0 atom stereocenters. The van der Waals surface area contributed by atoms with Gasteiger partial charge in [0.2, 0.25) is 0 Å². The number of carbonyl (C=O) groups is 1. The van der Waals surface area contributed by atoms with Crippen LogP contribution < -0.4 is 4.74 Å². The number of halogens is 1. The highest BCUT2D eigenvalue weighted by Gasteiger charge is 2.50. The van der Waals surface area contributed by atoms with Crippen molar-refractivity contribution >= 4 is 17.4 Å². The summed E-state index contributed by atoms with van der Waals surface area (Å²) >= 11 is 6.07. The summed E-state index contributed by atoms with van der Waals surface area (Å²) in [7, 11) is 1.60. The van der Waals surface area contributed by atoms with E-state index in [4.69, 9.17) is 16.3 Å². The minimum atomic E-state index is 0.240. The van der Waals surface area contributed by atoms with Crippen molar-refractivity contribution in [3.05, 3.63) is 28.8 Å². The second-order valence-corrected chi connectivity index (χ2v) is 7.58. The number of ketones is 1. The average molecular weight is 305 g/mol. The number of Topliss-reactive ketones (excluding diaryl/α,β-unsaturated/α-hetero) is 1. The number of carbonyl (C=O) groups excluding carboxylic acids is 1. The minimum absolute atomic E-state index is 0.240. The summed E-state index contributed by atoms with van der Waals surface area (Å²) in [6, 6.07) is 5.46. The molecule has 0 N–H and O–H groups in total. The monoisotopic (exact) mass is 304 g/mol. The molecule has 4 saturated carbocycles. The zero-order valence-electron chi connectivity index (χ0n) is 12.3. The molecule has 0 aliphatic heterocycles. The molecule has 1 aromatic carbocycles. The van der Waals surface area contributed by atoms with Crippen molar-refractivity contribution in [1.29, 1.82) is 0 Å². The van der Waals surface area contributed by atoms with Gasteiger partial charge in [0, 0.05) is 11.5 Å². The molecule has 0 spiro atoms. The zero-order chi connectivity index (χ0) is 14.6. The summed E-state index contributed by atoms with van der Waals surface area (Å²) in [5, 5.41) is 0.569. The van der Waals surface area contributed by atoms with Gasteiger partial charge in [-0.25, -0.2) is 0 Å². The zero-order valence-corrected chi connectivity index (χ0v) is 13.1. The van der Waals surface area contributed by atoms with Gasteiger partial charge in [-0.3, -0.25) is 4.79 Å². The lowest BCUT2D eigenvalue weighted by Gasteiger charge is -2.53. The van der Waals surface area contributed by atoms with E-state index in [9.17, 15) is 4.79 Å². The van der Waals surface area contributed by atoms with Gasteiger partial charge in [-0.1, -0.05) is 11.6 Å². The maximum Gasteiger partial charge on any atom is 0.166 e. The predicted octanol–water partition coefficient (Wildman–Crippen LogP) is 4.60. The second kappa shape index (κ2) is 5.01. The van der Waals surface area contributed by atoms with Crippen molar-refractivity contribution < 1.29 is 9.53 Å². The predicted molar refractivity (Wildman–Crippen MR) is 82.9 cm³/mol. The van der Waals surface area contributed by atoms with Crippen molar-refractivity contribution in [2.24, 2.45) is 29.6 Å². The van der Waals surface area contributed by atoms with E-state index >= 15 is 0 Å². The summed E-state index contributed by atoms with van der Waals surface area (Å²) in [5.74, 6) is 4.20. The molecule has 0 saturated heterocycles. The molecule has 21 heavy (non-hydrogen) atoms. The van der Waals surface area contributed by atoms with E-state index < -0.39 is 0 Å².